The lowest BCUT2D eigenvalue weighted by molar-refractivity contribution is 0.103. The summed E-state index contributed by atoms with van der Waals surface area (Å²) in [7, 11) is 0. The molecule has 3 aromatic rings. The minimum Gasteiger partial charge on any atom is -0.341 e. The standard InChI is InChI=1S/C23H23NOS/c1-3-26-21-14-10-19(11-15-21)6-4-16-24-17-5-7-22(24)23(25)20-12-8-18(2)9-13-20/h4-15,17H,3,16H2,1-2H3/b6-4+. The highest BCUT2D eigenvalue weighted by Crippen LogP contribution is 2.18. The first-order valence-electron chi connectivity index (χ1n) is 8.83. The highest BCUT2D eigenvalue weighted by molar-refractivity contribution is 7.99. The van der Waals surface area contributed by atoms with Gasteiger partial charge >= 0.3 is 0 Å². The van der Waals surface area contributed by atoms with Crippen molar-refractivity contribution in [3.8, 4) is 0 Å². The van der Waals surface area contributed by atoms with Gasteiger partial charge in [-0.2, -0.15) is 0 Å². The van der Waals surface area contributed by atoms with Crippen LogP contribution in [0.2, 0.25) is 0 Å². The molecule has 0 aliphatic rings. The minimum atomic E-state index is 0.0596. The molecule has 0 saturated carbocycles. The molecule has 1 heterocycles. The second kappa shape index (κ2) is 8.72. The SMILES string of the molecule is CCSc1ccc(/C=C/Cn2cccc2C(=O)c2ccc(C)cc2)cc1. The Labute approximate surface area is 159 Å². The van der Waals surface area contributed by atoms with Gasteiger partial charge in [-0.15, -0.1) is 11.8 Å². The third kappa shape index (κ3) is 4.55. The van der Waals surface area contributed by atoms with Crippen molar-refractivity contribution >= 4 is 23.6 Å². The number of carbonyl (C=O) groups is 1. The van der Waals surface area contributed by atoms with Crippen LogP contribution in [-0.4, -0.2) is 16.1 Å². The summed E-state index contributed by atoms with van der Waals surface area (Å²) in [5.41, 5.74) is 3.77. The third-order valence-corrected chi connectivity index (χ3v) is 5.07. The maximum Gasteiger partial charge on any atom is 0.209 e. The lowest BCUT2D eigenvalue weighted by Gasteiger charge is -2.06. The van der Waals surface area contributed by atoms with E-state index in [4.69, 9.17) is 0 Å². The molecule has 0 bridgehead atoms. The van der Waals surface area contributed by atoms with E-state index in [0.717, 1.165) is 16.9 Å². The summed E-state index contributed by atoms with van der Waals surface area (Å²) in [6, 6.07) is 20.1. The van der Waals surface area contributed by atoms with Gasteiger partial charge < -0.3 is 4.57 Å². The van der Waals surface area contributed by atoms with Crippen LogP contribution in [0.3, 0.4) is 0 Å². The summed E-state index contributed by atoms with van der Waals surface area (Å²) < 4.78 is 1.99. The number of aryl methyl sites for hydroxylation is 1. The maximum absolute atomic E-state index is 12.7. The van der Waals surface area contributed by atoms with Crippen molar-refractivity contribution in [2.75, 3.05) is 5.75 Å². The number of thioether (sulfide) groups is 1. The van der Waals surface area contributed by atoms with Crippen LogP contribution in [0, 0.1) is 6.92 Å². The van der Waals surface area contributed by atoms with E-state index in [1.165, 1.54) is 10.5 Å². The van der Waals surface area contributed by atoms with E-state index in [-0.39, 0.29) is 5.78 Å². The van der Waals surface area contributed by atoms with Gasteiger partial charge in [-0.3, -0.25) is 4.79 Å². The molecule has 26 heavy (non-hydrogen) atoms. The molecule has 1 aromatic heterocycles. The largest absolute Gasteiger partial charge is 0.341 e. The smallest absolute Gasteiger partial charge is 0.209 e. The lowest BCUT2D eigenvalue weighted by atomic mass is 10.1. The Bertz CT molecular complexity index is 889. The quantitative estimate of drug-likeness (QED) is 0.389. The van der Waals surface area contributed by atoms with Crippen LogP contribution in [0.15, 0.2) is 77.8 Å². The number of rotatable bonds is 7. The molecule has 132 valence electrons. The van der Waals surface area contributed by atoms with E-state index >= 15 is 0 Å². The Morgan fingerprint density at radius 1 is 1.04 bits per heavy atom. The van der Waals surface area contributed by atoms with Gasteiger partial charge in [0.05, 0.1) is 5.69 Å². The number of benzene rings is 2. The van der Waals surface area contributed by atoms with Crippen LogP contribution in [-0.2, 0) is 6.54 Å². The van der Waals surface area contributed by atoms with Crippen molar-refractivity contribution in [2.24, 2.45) is 0 Å². The van der Waals surface area contributed by atoms with Gasteiger partial charge in [0, 0.05) is 23.2 Å². The summed E-state index contributed by atoms with van der Waals surface area (Å²) in [5.74, 6) is 1.14. The molecule has 0 aliphatic heterocycles. The zero-order valence-electron chi connectivity index (χ0n) is 15.2. The van der Waals surface area contributed by atoms with E-state index < -0.39 is 0 Å². The van der Waals surface area contributed by atoms with E-state index in [9.17, 15) is 4.79 Å². The monoisotopic (exact) mass is 361 g/mol. The van der Waals surface area contributed by atoms with E-state index in [2.05, 4.69) is 43.3 Å². The third-order valence-electron chi connectivity index (χ3n) is 4.18. The molecule has 0 radical (unpaired) electrons. The Balaban J connectivity index is 1.68. The zero-order chi connectivity index (χ0) is 18.4. The fraction of sp³-hybridized carbons (Fsp3) is 0.174. The molecule has 0 atom stereocenters. The Hall–Kier alpha value is -2.52. The summed E-state index contributed by atoms with van der Waals surface area (Å²) in [5, 5.41) is 0. The average Bonchev–Trinajstić information content (AvgIpc) is 3.12. The molecule has 0 fully saturated rings. The van der Waals surface area contributed by atoms with E-state index in [1.807, 2.05) is 65.8 Å². The number of ketones is 1. The highest BCUT2D eigenvalue weighted by Gasteiger charge is 2.12. The molecule has 2 aromatic carbocycles. The first kappa shape index (κ1) is 18.3. The molecular weight excluding hydrogens is 338 g/mol. The topological polar surface area (TPSA) is 22.0 Å². The van der Waals surface area contributed by atoms with Crippen LogP contribution in [0.25, 0.3) is 6.08 Å². The first-order chi connectivity index (χ1) is 12.7. The fourth-order valence-corrected chi connectivity index (χ4v) is 3.44. The van der Waals surface area contributed by atoms with Crippen molar-refractivity contribution in [1.29, 1.82) is 0 Å². The van der Waals surface area contributed by atoms with Gasteiger partial charge in [-0.25, -0.2) is 0 Å². The molecule has 0 spiro atoms. The summed E-state index contributed by atoms with van der Waals surface area (Å²) in [6.07, 6.45) is 6.14. The normalized spacial score (nSPS) is 11.2. The molecule has 0 saturated heterocycles. The van der Waals surface area contributed by atoms with Crippen molar-refractivity contribution in [3.63, 3.8) is 0 Å². The van der Waals surface area contributed by atoms with Gasteiger partial charge in [0.15, 0.2) is 0 Å². The van der Waals surface area contributed by atoms with Crippen LogP contribution in [0.4, 0.5) is 0 Å². The van der Waals surface area contributed by atoms with E-state index in [1.54, 1.807) is 0 Å². The lowest BCUT2D eigenvalue weighted by Crippen LogP contribution is -2.09. The maximum atomic E-state index is 12.7. The van der Waals surface area contributed by atoms with Gasteiger partial charge in [0.25, 0.3) is 0 Å². The predicted molar refractivity (Wildman–Crippen MR) is 111 cm³/mol. The number of nitrogens with zero attached hydrogens (tertiary/aromatic N) is 1. The fourth-order valence-electron chi connectivity index (χ4n) is 2.78. The second-order valence-electron chi connectivity index (χ2n) is 6.15. The molecule has 3 heteroatoms. The molecule has 2 nitrogen and oxygen atoms in total. The molecule has 0 aliphatic carbocycles. The first-order valence-corrected chi connectivity index (χ1v) is 9.82. The molecule has 3 rings (SSSR count). The molecule has 0 amide bonds. The van der Waals surface area contributed by atoms with Crippen molar-refractivity contribution in [3.05, 3.63) is 95.3 Å². The Kier molecular flexibility index (Phi) is 6.13. The number of hydrogen-bond donors (Lipinski definition) is 0. The Morgan fingerprint density at radius 3 is 2.46 bits per heavy atom. The van der Waals surface area contributed by atoms with Crippen LogP contribution >= 0.6 is 11.8 Å². The van der Waals surface area contributed by atoms with Gasteiger partial charge in [0.1, 0.15) is 0 Å². The summed E-state index contributed by atoms with van der Waals surface area (Å²) in [4.78, 5) is 14.0. The number of carbonyl (C=O) groups excluding carboxylic acids is 1. The Morgan fingerprint density at radius 2 is 1.77 bits per heavy atom. The van der Waals surface area contributed by atoms with Gasteiger partial charge in [-0.1, -0.05) is 61.0 Å². The van der Waals surface area contributed by atoms with Gasteiger partial charge in [0.2, 0.25) is 5.78 Å². The molecular formula is C23H23NOS. The van der Waals surface area contributed by atoms with Crippen LogP contribution in [0.1, 0.15) is 34.1 Å². The van der Waals surface area contributed by atoms with Crippen molar-refractivity contribution < 1.29 is 4.79 Å². The number of hydrogen-bond acceptors (Lipinski definition) is 2. The van der Waals surface area contributed by atoms with E-state index in [0.29, 0.717) is 12.2 Å². The zero-order valence-corrected chi connectivity index (χ0v) is 16.0. The van der Waals surface area contributed by atoms with Crippen LogP contribution in [0.5, 0.6) is 0 Å². The van der Waals surface area contributed by atoms with Gasteiger partial charge in [-0.05, 0) is 42.5 Å². The van der Waals surface area contributed by atoms with Crippen LogP contribution < -0.4 is 0 Å². The number of aromatic nitrogens is 1. The van der Waals surface area contributed by atoms with Crippen molar-refractivity contribution in [1.82, 2.24) is 4.57 Å². The molecule has 0 N–H and O–H groups in total. The second-order valence-corrected chi connectivity index (χ2v) is 7.48. The highest BCUT2D eigenvalue weighted by atomic mass is 32.2. The molecule has 0 unspecified atom stereocenters. The number of allylic oxidation sites excluding steroid dienone is 1. The average molecular weight is 362 g/mol. The minimum absolute atomic E-state index is 0.0596. The summed E-state index contributed by atoms with van der Waals surface area (Å²) in [6.45, 7) is 4.85. The van der Waals surface area contributed by atoms with Crippen molar-refractivity contribution in [2.45, 2.75) is 25.3 Å². The predicted octanol–water partition coefficient (Wildman–Crippen LogP) is 5.85. The summed E-state index contributed by atoms with van der Waals surface area (Å²) >= 11 is 1.84.